The second kappa shape index (κ2) is 7.58. The molecule has 0 fully saturated rings. The molecule has 2 nitrogen and oxygen atoms in total. The summed E-state index contributed by atoms with van der Waals surface area (Å²) in [5, 5.41) is 0. The van der Waals surface area contributed by atoms with Crippen LogP contribution in [0.25, 0.3) is 0 Å². The van der Waals surface area contributed by atoms with E-state index in [1.165, 1.54) is 5.56 Å². The fraction of sp³-hybridized carbons (Fsp3) is 0.611. The van der Waals surface area contributed by atoms with Crippen LogP contribution in [0.5, 0.6) is 0 Å². The van der Waals surface area contributed by atoms with Crippen LogP contribution >= 0.6 is 0 Å². The van der Waals surface area contributed by atoms with Crippen molar-refractivity contribution in [3.05, 3.63) is 35.4 Å². The van der Waals surface area contributed by atoms with Crippen molar-refractivity contribution < 1.29 is 4.79 Å². The molecule has 0 spiro atoms. The molecular weight excluding hydrogens is 246 g/mol. The van der Waals surface area contributed by atoms with Gasteiger partial charge in [0, 0.05) is 12.8 Å². The topological polar surface area (TPSA) is 43.1 Å². The van der Waals surface area contributed by atoms with E-state index in [0.29, 0.717) is 31.1 Å². The van der Waals surface area contributed by atoms with Crippen LogP contribution in [-0.2, 0) is 11.2 Å². The third-order valence-electron chi connectivity index (χ3n) is 3.95. The van der Waals surface area contributed by atoms with Crippen molar-refractivity contribution in [2.24, 2.45) is 11.1 Å². The Morgan fingerprint density at radius 1 is 1.15 bits per heavy atom. The van der Waals surface area contributed by atoms with Crippen molar-refractivity contribution in [2.75, 3.05) is 6.54 Å². The van der Waals surface area contributed by atoms with Crippen LogP contribution in [0.4, 0.5) is 0 Å². The van der Waals surface area contributed by atoms with E-state index in [2.05, 4.69) is 52.0 Å². The molecule has 0 aliphatic rings. The molecule has 0 unspecified atom stereocenters. The van der Waals surface area contributed by atoms with E-state index < -0.39 is 0 Å². The van der Waals surface area contributed by atoms with Crippen LogP contribution in [0.15, 0.2) is 24.3 Å². The summed E-state index contributed by atoms with van der Waals surface area (Å²) in [5.41, 5.74) is 8.22. The van der Waals surface area contributed by atoms with E-state index in [0.717, 1.165) is 18.4 Å². The van der Waals surface area contributed by atoms with Crippen LogP contribution in [0.1, 0.15) is 64.0 Å². The zero-order valence-electron chi connectivity index (χ0n) is 13.4. The number of carbonyl (C=O) groups is 1. The molecule has 0 amide bonds. The number of rotatable bonds is 8. The fourth-order valence-electron chi connectivity index (χ4n) is 2.33. The number of benzene rings is 1. The molecule has 0 saturated heterocycles. The first-order valence-electron chi connectivity index (χ1n) is 7.64. The van der Waals surface area contributed by atoms with Gasteiger partial charge in [-0.2, -0.15) is 0 Å². The Morgan fingerprint density at radius 3 is 2.25 bits per heavy atom. The smallest absolute Gasteiger partial charge is 0.137 e. The minimum Gasteiger partial charge on any atom is -0.330 e. The lowest BCUT2D eigenvalue weighted by Crippen LogP contribution is -2.18. The van der Waals surface area contributed by atoms with Gasteiger partial charge in [0.25, 0.3) is 0 Å². The summed E-state index contributed by atoms with van der Waals surface area (Å²) in [6.07, 6.45) is 3.10. The molecule has 2 N–H and O–H groups in total. The fourth-order valence-corrected chi connectivity index (χ4v) is 2.33. The van der Waals surface area contributed by atoms with Gasteiger partial charge in [0.15, 0.2) is 0 Å². The molecular formula is C18H29NO. The molecule has 1 aromatic rings. The lowest BCUT2D eigenvalue weighted by Gasteiger charge is -2.23. The molecule has 1 rings (SSSR count). The van der Waals surface area contributed by atoms with E-state index in [1.54, 1.807) is 0 Å². The van der Waals surface area contributed by atoms with Crippen molar-refractivity contribution in [3.63, 3.8) is 0 Å². The Labute approximate surface area is 123 Å². The van der Waals surface area contributed by atoms with Crippen LogP contribution in [0.3, 0.4) is 0 Å². The Balaban J connectivity index is 2.46. The molecule has 0 saturated carbocycles. The van der Waals surface area contributed by atoms with Gasteiger partial charge in [-0.25, -0.2) is 0 Å². The minimum atomic E-state index is 0.173. The predicted octanol–water partition coefficient (Wildman–Crippen LogP) is 4.08. The average molecular weight is 275 g/mol. The Hall–Kier alpha value is -1.15. The van der Waals surface area contributed by atoms with Gasteiger partial charge in [0.05, 0.1) is 0 Å². The predicted molar refractivity (Wildman–Crippen MR) is 85.9 cm³/mol. The zero-order chi connectivity index (χ0) is 15.2. The number of nitrogens with two attached hydrogens (primary N) is 1. The number of hydrogen-bond acceptors (Lipinski definition) is 2. The average Bonchev–Trinajstić information content (AvgIpc) is 2.37. The van der Waals surface area contributed by atoms with Gasteiger partial charge in [-0.05, 0) is 41.8 Å². The normalized spacial score (nSPS) is 11.9. The zero-order valence-corrected chi connectivity index (χ0v) is 13.4. The highest BCUT2D eigenvalue weighted by Crippen LogP contribution is 2.26. The number of carbonyl (C=O) groups excluding carboxylic acids is 1. The van der Waals surface area contributed by atoms with Gasteiger partial charge in [0.1, 0.15) is 5.78 Å². The molecule has 0 aromatic heterocycles. The standard InChI is InChI=1S/C18H29NO/c1-14(2)16-7-5-15(6-8-16)13-17(20)9-10-18(3,4)11-12-19/h5-8,14H,9-13,19H2,1-4H3. The highest BCUT2D eigenvalue weighted by Gasteiger charge is 2.18. The van der Waals surface area contributed by atoms with E-state index in [4.69, 9.17) is 5.73 Å². The van der Waals surface area contributed by atoms with Crippen molar-refractivity contribution >= 4 is 5.78 Å². The molecule has 1 aromatic carbocycles. The molecule has 0 bridgehead atoms. The number of Topliss-reactive ketones (excluding diaryl/α,β-unsaturated/α-hetero) is 1. The number of hydrogen-bond donors (Lipinski definition) is 1. The largest absolute Gasteiger partial charge is 0.330 e. The molecule has 0 aliphatic carbocycles. The molecule has 2 heteroatoms. The maximum atomic E-state index is 12.1. The maximum absolute atomic E-state index is 12.1. The van der Waals surface area contributed by atoms with Gasteiger partial charge in [-0.15, -0.1) is 0 Å². The second-order valence-electron chi connectivity index (χ2n) is 6.81. The summed E-state index contributed by atoms with van der Waals surface area (Å²) in [7, 11) is 0. The van der Waals surface area contributed by atoms with Gasteiger partial charge in [0.2, 0.25) is 0 Å². The SMILES string of the molecule is CC(C)c1ccc(CC(=O)CCC(C)(C)CCN)cc1. The lowest BCUT2D eigenvalue weighted by molar-refractivity contribution is -0.119. The number of ketones is 1. The summed E-state index contributed by atoms with van der Waals surface area (Å²) in [5.74, 6) is 0.865. The monoisotopic (exact) mass is 275 g/mol. The van der Waals surface area contributed by atoms with Crippen molar-refractivity contribution in [2.45, 2.75) is 59.3 Å². The summed E-state index contributed by atoms with van der Waals surface area (Å²) in [6, 6.07) is 8.42. The molecule has 0 heterocycles. The van der Waals surface area contributed by atoms with E-state index in [-0.39, 0.29) is 5.41 Å². The third-order valence-corrected chi connectivity index (χ3v) is 3.95. The second-order valence-corrected chi connectivity index (χ2v) is 6.81. The first-order valence-corrected chi connectivity index (χ1v) is 7.64. The van der Waals surface area contributed by atoms with Crippen molar-refractivity contribution in [1.82, 2.24) is 0 Å². The summed E-state index contributed by atoms with van der Waals surface area (Å²) >= 11 is 0. The molecule has 20 heavy (non-hydrogen) atoms. The van der Waals surface area contributed by atoms with Gasteiger partial charge < -0.3 is 5.73 Å². The van der Waals surface area contributed by atoms with E-state index in [9.17, 15) is 4.79 Å². The van der Waals surface area contributed by atoms with Gasteiger partial charge >= 0.3 is 0 Å². The third kappa shape index (κ3) is 5.87. The molecule has 0 aliphatic heterocycles. The van der Waals surface area contributed by atoms with Crippen LogP contribution in [0, 0.1) is 5.41 Å². The Kier molecular flexibility index (Phi) is 6.41. The van der Waals surface area contributed by atoms with Gasteiger partial charge in [-0.3, -0.25) is 4.79 Å². The van der Waals surface area contributed by atoms with Crippen molar-refractivity contribution in [1.29, 1.82) is 0 Å². The highest BCUT2D eigenvalue weighted by molar-refractivity contribution is 5.80. The Morgan fingerprint density at radius 2 is 1.75 bits per heavy atom. The molecule has 0 radical (unpaired) electrons. The Bertz CT molecular complexity index is 418. The minimum absolute atomic E-state index is 0.173. The summed E-state index contributed by atoms with van der Waals surface area (Å²) < 4.78 is 0. The van der Waals surface area contributed by atoms with Crippen molar-refractivity contribution in [3.8, 4) is 0 Å². The molecule has 0 atom stereocenters. The first kappa shape index (κ1) is 16.9. The van der Waals surface area contributed by atoms with Gasteiger partial charge in [-0.1, -0.05) is 52.0 Å². The summed E-state index contributed by atoms with van der Waals surface area (Å²) in [6.45, 7) is 9.42. The van der Waals surface area contributed by atoms with Crippen LogP contribution in [0.2, 0.25) is 0 Å². The summed E-state index contributed by atoms with van der Waals surface area (Å²) in [4.78, 5) is 12.1. The lowest BCUT2D eigenvalue weighted by atomic mass is 9.83. The quantitative estimate of drug-likeness (QED) is 0.777. The maximum Gasteiger partial charge on any atom is 0.137 e. The van der Waals surface area contributed by atoms with Crippen LogP contribution in [-0.4, -0.2) is 12.3 Å². The first-order chi connectivity index (χ1) is 9.34. The highest BCUT2D eigenvalue weighted by atomic mass is 16.1. The van der Waals surface area contributed by atoms with E-state index >= 15 is 0 Å². The molecule has 112 valence electrons. The van der Waals surface area contributed by atoms with E-state index in [1.807, 2.05) is 0 Å². The van der Waals surface area contributed by atoms with Crippen LogP contribution < -0.4 is 5.73 Å².